The van der Waals surface area contributed by atoms with Gasteiger partial charge in [0, 0.05) is 6.61 Å². The first-order valence-electron chi connectivity index (χ1n) is 10.0. The van der Waals surface area contributed by atoms with E-state index in [1.54, 1.807) is 0 Å². The highest BCUT2D eigenvalue weighted by atomic mass is 28.4. The van der Waals surface area contributed by atoms with Gasteiger partial charge in [-0.2, -0.15) is 0 Å². The monoisotopic (exact) mass is 348 g/mol. The molecule has 24 heavy (non-hydrogen) atoms. The van der Waals surface area contributed by atoms with Gasteiger partial charge in [-0.1, -0.05) is 89.6 Å². The Bertz CT molecular complexity index is 419. The topological polar surface area (TPSA) is 9.23 Å². The normalized spacial score (nSPS) is 12.5. The molecule has 0 amide bonds. The van der Waals surface area contributed by atoms with Gasteiger partial charge in [-0.3, -0.25) is 0 Å². The molecule has 1 nitrogen and oxygen atoms in total. The van der Waals surface area contributed by atoms with Crippen LogP contribution in [0.1, 0.15) is 77.7 Å². The Morgan fingerprint density at radius 2 is 1.25 bits per heavy atom. The van der Waals surface area contributed by atoms with E-state index in [1.165, 1.54) is 63.4 Å². The van der Waals surface area contributed by atoms with E-state index in [9.17, 15) is 0 Å². The first-order chi connectivity index (χ1) is 11.3. The first-order valence-corrected chi connectivity index (χ1v) is 12.9. The van der Waals surface area contributed by atoms with Gasteiger partial charge in [-0.05, 0) is 43.0 Å². The molecule has 0 aliphatic carbocycles. The Morgan fingerprint density at radius 3 is 1.79 bits per heavy atom. The summed E-state index contributed by atoms with van der Waals surface area (Å²) >= 11 is 0. The zero-order chi connectivity index (χ0) is 17.9. The summed E-state index contributed by atoms with van der Waals surface area (Å²) in [6.45, 7) is 12.6. The Balaban J connectivity index is 1.89. The molecule has 1 rings (SSSR count). The highest BCUT2D eigenvalue weighted by molar-refractivity contribution is 6.74. The lowest BCUT2D eigenvalue weighted by molar-refractivity contribution is 0.277. The van der Waals surface area contributed by atoms with E-state index in [0.717, 1.165) is 6.61 Å². The van der Waals surface area contributed by atoms with Crippen molar-refractivity contribution in [2.75, 3.05) is 6.61 Å². The highest BCUT2D eigenvalue weighted by Gasteiger charge is 2.36. The largest absolute Gasteiger partial charge is 0.417 e. The Hall–Kier alpha value is -0.603. The molecule has 0 fully saturated rings. The predicted octanol–water partition coefficient (Wildman–Crippen LogP) is 7.37. The molecule has 0 bridgehead atoms. The number of aryl methyl sites for hydroxylation is 1. The van der Waals surface area contributed by atoms with E-state index in [0.29, 0.717) is 5.04 Å². The Kier molecular flexibility index (Phi) is 9.91. The van der Waals surface area contributed by atoms with Gasteiger partial charge in [0.1, 0.15) is 0 Å². The Morgan fingerprint density at radius 1 is 0.750 bits per heavy atom. The number of rotatable bonds is 12. The third kappa shape index (κ3) is 9.03. The third-order valence-corrected chi connectivity index (χ3v) is 10.0. The molecule has 0 unspecified atom stereocenters. The third-order valence-electron chi connectivity index (χ3n) is 5.47. The average Bonchev–Trinajstić information content (AvgIpc) is 2.52. The van der Waals surface area contributed by atoms with Crippen LogP contribution in [0.4, 0.5) is 0 Å². The molecule has 138 valence electrons. The van der Waals surface area contributed by atoms with Gasteiger partial charge in [-0.25, -0.2) is 0 Å². The molecule has 0 aromatic heterocycles. The summed E-state index contributed by atoms with van der Waals surface area (Å²) < 4.78 is 6.23. The highest BCUT2D eigenvalue weighted by Crippen LogP contribution is 2.36. The van der Waals surface area contributed by atoms with Gasteiger partial charge in [0.2, 0.25) is 0 Å². The van der Waals surface area contributed by atoms with Crippen molar-refractivity contribution in [2.45, 2.75) is 96.7 Å². The van der Waals surface area contributed by atoms with Crippen LogP contribution in [0.3, 0.4) is 0 Å². The SMILES string of the molecule is CC(C)(C)[Si](C)(C)OCCCCCCCCCCc1ccccc1. The Labute approximate surface area is 152 Å². The number of hydrogen-bond acceptors (Lipinski definition) is 1. The molecule has 0 radical (unpaired) electrons. The maximum atomic E-state index is 6.23. The fourth-order valence-corrected chi connectivity index (χ4v) is 3.77. The second-order valence-corrected chi connectivity index (χ2v) is 13.5. The zero-order valence-corrected chi connectivity index (χ0v) is 17.9. The van der Waals surface area contributed by atoms with E-state index in [2.05, 4.69) is 64.2 Å². The van der Waals surface area contributed by atoms with Crippen molar-refractivity contribution in [3.63, 3.8) is 0 Å². The lowest BCUT2D eigenvalue weighted by atomic mass is 10.0. The summed E-state index contributed by atoms with van der Waals surface area (Å²) in [5.74, 6) is 0. The quantitative estimate of drug-likeness (QED) is 0.283. The second-order valence-electron chi connectivity index (χ2n) is 8.67. The van der Waals surface area contributed by atoms with Crippen molar-refractivity contribution < 1.29 is 4.43 Å². The van der Waals surface area contributed by atoms with Gasteiger partial charge < -0.3 is 4.43 Å². The minimum atomic E-state index is -1.52. The van der Waals surface area contributed by atoms with Crippen LogP contribution in [-0.2, 0) is 10.8 Å². The zero-order valence-electron chi connectivity index (χ0n) is 16.9. The van der Waals surface area contributed by atoms with Crippen LogP contribution in [0.25, 0.3) is 0 Å². The van der Waals surface area contributed by atoms with Crippen LogP contribution >= 0.6 is 0 Å². The molecule has 0 spiro atoms. The molecule has 0 atom stereocenters. The van der Waals surface area contributed by atoms with Crippen molar-refractivity contribution in [3.8, 4) is 0 Å². The van der Waals surface area contributed by atoms with Gasteiger partial charge in [0.05, 0.1) is 0 Å². The van der Waals surface area contributed by atoms with Crippen LogP contribution in [0.2, 0.25) is 18.1 Å². The number of benzene rings is 1. The van der Waals surface area contributed by atoms with Gasteiger partial charge in [-0.15, -0.1) is 0 Å². The summed E-state index contributed by atoms with van der Waals surface area (Å²) in [4.78, 5) is 0. The van der Waals surface area contributed by atoms with Crippen LogP contribution in [0, 0.1) is 0 Å². The van der Waals surface area contributed by atoms with Crippen LogP contribution in [-0.4, -0.2) is 14.9 Å². The number of hydrogen-bond donors (Lipinski definition) is 0. The van der Waals surface area contributed by atoms with Crippen LogP contribution < -0.4 is 0 Å². The van der Waals surface area contributed by atoms with Gasteiger partial charge in [0.15, 0.2) is 8.32 Å². The fourth-order valence-electron chi connectivity index (χ4n) is 2.68. The molecular weight excluding hydrogens is 308 g/mol. The molecule has 0 saturated heterocycles. The second kappa shape index (κ2) is 11.1. The lowest BCUT2D eigenvalue weighted by Crippen LogP contribution is -2.40. The average molecular weight is 349 g/mol. The van der Waals surface area contributed by atoms with E-state index >= 15 is 0 Å². The van der Waals surface area contributed by atoms with Gasteiger partial charge in [0.25, 0.3) is 0 Å². The molecule has 0 aliphatic heterocycles. The molecule has 0 heterocycles. The minimum absolute atomic E-state index is 0.340. The van der Waals surface area contributed by atoms with E-state index < -0.39 is 8.32 Å². The van der Waals surface area contributed by atoms with Crippen molar-refractivity contribution in [1.29, 1.82) is 0 Å². The summed E-state index contributed by atoms with van der Waals surface area (Å²) in [6.07, 6.45) is 12.1. The molecule has 0 N–H and O–H groups in total. The lowest BCUT2D eigenvalue weighted by Gasteiger charge is -2.36. The molecule has 1 aromatic rings. The standard InChI is InChI=1S/C22H40OSi/c1-22(2,3)24(4,5)23-20-16-11-9-7-6-8-10-13-17-21-18-14-12-15-19-21/h12,14-15,18-19H,6-11,13,16-17,20H2,1-5H3. The fraction of sp³-hybridized carbons (Fsp3) is 0.727. The van der Waals surface area contributed by atoms with E-state index in [-0.39, 0.29) is 0 Å². The van der Waals surface area contributed by atoms with Crippen molar-refractivity contribution >= 4 is 8.32 Å². The predicted molar refractivity (Wildman–Crippen MR) is 110 cm³/mol. The summed E-state index contributed by atoms with van der Waals surface area (Å²) in [5.41, 5.74) is 1.49. The van der Waals surface area contributed by atoms with Crippen molar-refractivity contribution in [1.82, 2.24) is 0 Å². The van der Waals surface area contributed by atoms with Crippen molar-refractivity contribution in [2.24, 2.45) is 0 Å². The minimum Gasteiger partial charge on any atom is -0.417 e. The first kappa shape index (κ1) is 21.4. The van der Waals surface area contributed by atoms with Crippen LogP contribution in [0.5, 0.6) is 0 Å². The maximum absolute atomic E-state index is 6.23. The smallest absolute Gasteiger partial charge is 0.191 e. The summed E-state index contributed by atoms with van der Waals surface area (Å²) in [6, 6.07) is 10.9. The van der Waals surface area contributed by atoms with Gasteiger partial charge >= 0.3 is 0 Å². The molecule has 0 saturated carbocycles. The van der Waals surface area contributed by atoms with Crippen molar-refractivity contribution in [3.05, 3.63) is 35.9 Å². The molecule has 1 aromatic carbocycles. The molecular formula is C22H40OSi. The molecule has 0 aliphatic rings. The van der Waals surface area contributed by atoms with E-state index in [4.69, 9.17) is 4.43 Å². The van der Waals surface area contributed by atoms with Crippen LogP contribution in [0.15, 0.2) is 30.3 Å². The van der Waals surface area contributed by atoms with E-state index in [1.807, 2.05) is 0 Å². The maximum Gasteiger partial charge on any atom is 0.191 e. The number of unbranched alkanes of at least 4 members (excludes halogenated alkanes) is 7. The summed E-state index contributed by atoms with van der Waals surface area (Å²) in [7, 11) is -1.52. The molecule has 2 heteroatoms. The summed E-state index contributed by atoms with van der Waals surface area (Å²) in [5, 5.41) is 0.340.